The summed E-state index contributed by atoms with van der Waals surface area (Å²) in [6.45, 7) is 7.18. The maximum Gasteiger partial charge on any atom is 0.229 e. The first-order chi connectivity index (χ1) is 13.9. The molecule has 29 heavy (non-hydrogen) atoms. The number of anilines is 3. The highest BCUT2D eigenvalue weighted by Crippen LogP contribution is 2.31. The summed E-state index contributed by atoms with van der Waals surface area (Å²) in [5.74, 6) is 2.71. The third-order valence-corrected chi connectivity index (χ3v) is 4.56. The number of aromatic nitrogens is 2. The molecule has 3 aromatic rings. The molecular formula is C23H28N4O2. The number of ether oxygens (including phenoxy) is 2. The van der Waals surface area contributed by atoms with Gasteiger partial charge in [0, 0.05) is 18.4 Å². The predicted octanol–water partition coefficient (Wildman–Crippen LogP) is 5.15. The van der Waals surface area contributed by atoms with E-state index >= 15 is 0 Å². The second-order valence-corrected chi connectivity index (χ2v) is 7.73. The summed E-state index contributed by atoms with van der Waals surface area (Å²) in [4.78, 5) is 8.96. The van der Waals surface area contributed by atoms with Gasteiger partial charge in [-0.15, -0.1) is 0 Å². The van der Waals surface area contributed by atoms with Crippen LogP contribution in [0.4, 0.5) is 17.5 Å². The van der Waals surface area contributed by atoms with Gasteiger partial charge in [-0.05, 0) is 40.8 Å². The summed E-state index contributed by atoms with van der Waals surface area (Å²) in [7, 11) is 3.26. The SMILES string of the molecule is COc1ccc(CNc2ccnc(Nc3ccccc3C(C)(C)C)n2)cc1OC. The Balaban J connectivity index is 1.73. The van der Waals surface area contributed by atoms with E-state index in [0.29, 0.717) is 24.0 Å². The number of hydrogen-bond acceptors (Lipinski definition) is 6. The average molecular weight is 393 g/mol. The molecule has 3 rings (SSSR count). The van der Waals surface area contributed by atoms with Gasteiger partial charge >= 0.3 is 0 Å². The van der Waals surface area contributed by atoms with Crippen molar-refractivity contribution >= 4 is 17.5 Å². The highest BCUT2D eigenvalue weighted by atomic mass is 16.5. The number of methoxy groups -OCH3 is 2. The van der Waals surface area contributed by atoms with Crippen LogP contribution < -0.4 is 20.1 Å². The monoisotopic (exact) mass is 392 g/mol. The first kappa shape index (κ1) is 20.5. The Hall–Kier alpha value is -3.28. The van der Waals surface area contributed by atoms with E-state index in [2.05, 4.69) is 47.4 Å². The Morgan fingerprint density at radius 3 is 2.41 bits per heavy atom. The van der Waals surface area contributed by atoms with E-state index in [1.54, 1.807) is 20.4 Å². The van der Waals surface area contributed by atoms with E-state index in [4.69, 9.17) is 9.47 Å². The van der Waals surface area contributed by atoms with Crippen molar-refractivity contribution in [3.8, 4) is 11.5 Å². The van der Waals surface area contributed by atoms with Gasteiger partial charge in [-0.2, -0.15) is 4.98 Å². The summed E-state index contributed by atoms with van der Waals surface area (Å²) in [6.07, 6.45) is 1.74. The van der Waals surface area contributed by atoms with Crippen LogP contribution in [-0.2, 0) is 12.0 Å². The molecule has 0 saturated carbocycles. The number of benzene rings is 2. The van der Waals surface area contributed by atoms with Crippen molar-refractivity contribution in [1.29, 1.82) is 0 Å². The summed E-state index contributed by atoms with van der Waals surface area (Å²) in [5.41, 5.74) is 3.31. The van der Waals surface area contributed by atoms with Crippen LogP contribution in [0.1, 0.15) is 31.9 Å². The smallest absolute Gasteiger partial charge is 0.229 e. The van der Waals surface area contributed by atoms with E-state index in [1.807, 2.05) is 42.5 Å². The predicted molar refractivity (Wildman–Crippen MR) is 117 cm³/mol. The molecule has 0 radical (unpaired) electrons. The molecule has 0 spiro atoms. The number of nitrogens with zero attached hydrogens (tertiary/aromatic N) is 2. The second-order valence-electron chi connectivity index (χ2n) is 7.73. The lowest BCUT2D eigenvalue weighted by atomic mass is 9.86. The minimum atomic E-state index is 0.0207. The lowest BCUT2D eigenvalue weighted by molar-refractivity contribution is 0.354. The van der Waals surface area contributed by atoms with Gasteiger partial charge in [-0.1, -0.05) is 45.0 Å². The fourth-order valence-electron chi connectivity index (χ4n) is 3.07. The maximum atomic E-state index is 5.36. The topological polar surface area (TPSA) is 68.3 Å². The van der Waals surface area contributed by atoms with Crippen molar-refractivity contribution in [2.45, 2.75) is 32.7 Å². The number of nitrogens with one attached hydrogen (secondary N) is 2. The average Bonchev–Trinajstić information content (AvgIpc) is 2.72. The largest absolute Gasteiger partial charge is 0.493 e. The zero-order valence-corrected chi connectivity index (χ0v) is 17.6. The highest BCUT2D eigenvalue weighted by molar-refractivity contribution is 5.61. The molecule has 0 atom stereocenters. The molecule has 0 aliphatic rings. The first-order valence-electron chi connectivity index (χ1n) is 9.55. The number of para-hydroxylation sites is 1. The lowest BCUT2D eigenvalue weighted by Gasteiger charge is -2.23. The van der Waals surface area contributed by atoms with Gasteiger partial charge in [0.1, 0.15) is 5.82 Å². The molecule has 0 fully saturated rings. The third-order valence-electron chi connectivity index (χ3n) is 4.56. The standard InChI is InChI=1S/C23H28N4O2/c1-23(2,3)17-8-6-7-9-18(17)26-22-24-13-12-21(27-22)25-15-16-10-11-19(28-4)20(14-16)29-5/h6-14H,15H2,1-5H3,(H2,24,25,26,27). The molecule has 0 aliphatic heterocycles. The van der Waals surface area contributed by atoms with Gasteiger partial charge in [-0.3, -0.25) is 0 Å². The van der Waals surface area contributed by atoms with Crippen LogP contribution in [0.2, 0.25) is 0 Å². The Kier molecular flexibility index (Phi) is 6.22. The van der Waals surface area contributed by atoms with Gasteiger partial charge in [0.2, 0.25) is 5.95 Å². The van der Waals surface area contributed by atoms with Gasteiger partial charge < -0.3 is 20.1 Å². The molecule has 0 aliphatic carbocycles. The molecule has 0 bridgehead atoms. The van der Waals surface area contributed by atoms with E-state index in [-0.39, 0.29) is 5.41 Å². The molecule has 2 aromatic carbocycles. The quantitative estimate of drug-likeness (QED) is 0.580. The van der Waals surface area contributed by atoms with E-state index < -0.39 is 0 Å². The van der Waals surface area contributed by atoms with Crippen LogP contribution in [0, 0.1) is 0 Å². The molecule has 6 nitrogen and oxygen atoms in total. The lowest BCUT2D eigenvalue weighted by Crippen LogP contribution is -2.14. The van der Waals surface area contributed by atoms with E-state index in [1.165, 1.54) is 5.56 Å². The van der Waals surface area contributed by atoms with E-state index in [9.17, 15) is 0 Å². The van der Waals surface area contributed by atoms with Gasteiger partial charge in [-0.25, -0.2) is 4.98 Å². The number of rotatable bonds is 7. The molecule has 6 heteroatoms. The molecule has 0 saturated heterocycles. The van der Waals surface area contributed by atoms with Crippen LogP contribution in [0.5, 0.6) is 11.5 Å². The number of hydrogen-bond donors (Lipinski definition) is 2. The molecule has 2 N–H and O–H groups in total. The first-order valence-corrected chi connectivity index (χ1v) is 9.55. The molecule has 152 valence electrons. The van der Waals surface area contributed by atoms with Gasteiger partial charge in [0.25, 0.3) is 0 Å². The Labute approximate surface area is 172 Å². The van der Waals surface area contributed by atoms with Gasteiger partial charge in [0.05, 0.1) is 14.2 Å². The van der Waals surface area contributed by atoms with Crippen molar-refractivity contribution in [1.82, 2.24) is 9.97 Å². The fraction of sp³-hybridized carbons (Fsp3) is 0.304. The van der Waals surface area contributed by atoms with Crippen molar-refractivity contribution < 1.29 is 9.47 Å². The zero-order chi connectivity index (χ0) is 20.9. The normalized spacial score (nSPS) is 11.1. The Morgan fingerprint density at radius 1 is 0.931 bits per heavy atom. The fourth-order valence-corrected chi connectivity index (χ4v) is 3.07. The van der Waals surface area contributed by atoms with Crippen molar-refractivity contribution in [2.75, 3.05) is 24.9 Å². The molecule has 0 unspecified atom stereocenters. The Morgan fingerprint density at radius 2 is 1.69 bits per heavy atom. The minimum absolute atomic E-state index is 0.0207. The summed E-state index contributed by atoms with van der Waals surface area (Å²) in [5, 5.41) is 6.69. The second kappa shape index (κ2) is 8.82. The molecular weight excluding hydrogens is 364 g/mol. The van der Waals surface area contributed by atoms with Crippen molar-refractivity contribution in [3.05, 3.63) is 65.9 Å². The molecule has 1 aromatic heterocycles. The summed E-state index contributed by atoms with van der Waals surface area (Å²) >= 11 is 0. The van der Waals surface area contributed by atoms with Crippen LogP contribution in [0.15, 0.2) is 54.7 Å². The van der Waals surface area contributed by atoms with Crippen LogP contribution in [0.3, 0.4) is 0 Å². The van der Waals surface area contributed by atoms with Crippen LogP contribution in [-0.4, -0.2) is 24.2 Å². The van der Waals surface area contributed by atoms with Crippen LogP contribution in [0.25, 0.3) is 0 Å². The third kappa shape index (κ3) is 5.16. The van der Waals surface area contributed by atoms with Crippen LogP contribution >= 0.6 is 0 Å². The van der Waals surface area contributed by atoms with E-state index in [0.717, 1.165) is 17.1 Å². The minimum Gasteiger partial charge on any atom is -0.493 e. The van der Waals surface area contributed by atoms with Crippen molar-refractivity contribution in [3.63, 3.8) is 0 Å². The van der Waals surface area contributed by atoms with Crippen molar-refractivity contribution in [2.24, 2.45) is 0 Å². The van der Waals surface area contributed by atoms with Gasteiger partial charge in [0.15, 0.2) is 11.5 Å². The zero-order valence-electron chi connectivity index (χ0n) is 17.6. The molecule has 0 amide bonds. The summed E-state index contributed by atoms with van der Waals surface area (Å²) < 4.78 is 10.7. The highest BCUT2D eigenvalue weighted by Gasteiger charge is 2.18. The molecule has 1 heterocycles. The summed E-state index contributed by atoms with van der Waals surface area (Å²) in [6, 6.07) is 15.9. The Bertz CT molecular complexity index is 967. The maximum absolute atomic E-state index is 5.36.